The van der Waals surface area contributed by atoms with E-state index in [0.29, 0.717) is 27.9 Å². The molecule has 0 aliphatic heterocycles. The molecule has 1 aromatic heterocycles. The molecular formula is C12H10F2N2OS. The third-order valence-corrected chi connectivity index (χ3v) is 3.06. The number of carbonyl (C=O) groups excluding carboxylic acids is 1. The number of benzene rings is 1. The second-order valence-electron chi connectivity index (χ2n) is 3.63. The van der Waals surface area contributed by atoms with Crippen molar-refractivity contribution >= 4 is 18.0 Å². The van der Waals surface area contributed by atoms with E-state index < -0.39 is 5.76 Å². The van der Waals surface area contributed by atoms with Crippen molar-refractivity contribution in [2.24, 2.45) is 7.05 Å². The van der Waals surface area contributed by atoms with E-state index in [1.165, 1.54) is 0 Å². The largest absolute Gasteiger partial charge is 0.298 e. The number of hydrogen-bond acceptors (Lipinski definition) is 3. The molecule has 0 aliphatic carbocycles. The molecule has 0 radical (unpaired) electrons. The fourth-order valence-corrected chi connectivity index (χ4v) is 2.11. The second kappa shape index (κ2) is 5.30. The first-order valence-electron chi connectivity index (χ1n) is 5.14. The van der Waals surface area contributed by atoms with Crippen LogP contribution in [0, 0.1) is 0 Å². The average Bonchev–Trinajstić information content (AvgIpc) is 2.71. The Kier molecular flexibility index (Phi) is 3.76. The lowest BCUT2D eigenvalue weighted by Gasteiger charge is -2.02. The number of aldehydes is 1. The van der Waals surface area contributed by atoms with Crippen LogP contribution >= 0.6 is 11.8 Å². The molecule has 1 heterocycles. The summed E-state index contributed by atoms with van der Waals surface area (Å²) in [5.41, 5.74) is 1.77. The molecule has 18 heavy (non-hydrogen) atoms. The van der Waals surface area contributed by atoms with Crippen LogP contribution in [0.3, 0.4) is 0 Å². The molecular weight excluding hydrogens is 258 g/mol. The summed E-state index contributed by atoms with van der Waals surface area (Å²) in [5, 5.41) is 4.17. The van der Waals surface area contributed by atoms with Crippen LogP contribution in [0.15, 0.2) is 35.4 Å². The van der Waals surface area contributed by atoms with Crippen molar-refractivity contribution in [3.63, 3.8) is 0 Å². The Morgan fingerprint density at radius 2 is 2.00 bits per heavy atom. The van der Waals surface area contributed by atoms with Crippen LogP contribution in [0.25, 0.3) is 11.3 Å². The van der Waals surface area contributed by atoms with Gasteiger partial charge in [-0.05, 0) is 12.1 Å². The molecule has 0 fully saturated rings. The number of aryl methyl sites for hydroxylation is 1. The topological polar surface area (TPSA) is 34.9 Å². The maximum atomic E-state index is 12.2. The van der Waals surface area contributed by atoms with Crippen molar-refractivity contribution in [2.45, 2.75) is 10.7 Å². The first-order valence-corrected chi connectivity index (χ1v) is 6.02. The first-order chi connectivity index (χ1) is 8.60. The minimum Gasteiger partial charge on any atom is -0.298 e. The van der Waals surface area contributed by atoms with Gasteiger partial charge in [0.25, 0.3) is 5.76 Å². The normalized spacial score (nSPS) is 10.9. The summed E-state index contributed by atoms with van der Waals surface area (Å²) >= 11 is 0.489. The molecule has 0 saturated heterocycles. The number of rotatable bonds is 4. The van der Waals surface area contributed by atoms with Gasteiger partial charge in [0, 0.05) is 23.7 Å². The minimum atomic E-state index is -2.43. The van der Waals surface area contributed by atoms with E-state index in [-0.39, 0.29) is 0 Å². The van der Waals surface area contributed by atoms with Gasteiger partial charge in [-0.3, -0.25) is 9.48 Å². The van der Waals surface area contributed by atoms with E-state index in [1.54, 1.807) is 42.2 Å². The molecule has 94 valence electrons. The minimum absolute atomic E-state index is 0.478. The Morgan fingerprint density at radius 1 is 1.33 bits per heavy atom. The standard InChI is InChI=1S/C12H10F2N2OS/c1-16-6-9(7-17)11(15-16)8-2-4-10(5-3-8)18-12(13)14/h2-7,12H,1H3. The lowest BCUT2D eigenvalue weighted by atomic mass is 10.1. The maximum Gasteiger partial charge on any atom is 0.288 e. The zero-order chi connectivity index (χ0) is 13.1. The average molecular weight is 268 g/mol. The van der Waals surface area contributed by atoms with E-state index >= 15 is 0 Å². The Balaban J connectivity index is 2.31. The van der Waals surface area contributed by atoms with Crippen LogP contribution in [0.4, 0.5) is 8.78 Å². The van der Waals surface area contributed by atoms with Gasteiger partial charge in [0.2, 0.25) is 0 Å². The van der Waals surface area contributed by atoms with Crippen molar-refractivity contribution < 1.29 is 13.6 Å². The predicted molar refractivity (Wildman–Crippen MR) is 65.9 cm³/mol. The Bertz CT molecular complexity index is 552. The fourth-order valence-electron chi connectivity index (χ4n) is 1.61. The molecule has 0 bridgehead atoms. The van der Waals surface area contributed by atoms with Gasteiger partial charge >= 0.3 is 0 Å². The molecule has 0 saturated carbocycles. The van der Waals surface area contributed by atoms with Crippen molar-refractivity contribution in [1.82, 2.24) is 9.78 Å². The Morgan fingerprint density at radius 3 is 2.56 bits per heavy atom. The summed E-state index contributed by atoms with van der Waals surface area (Å²) in [6.07, 6.45) is 2.34. The van der Waals surface area contributed by atoms with Crippen molar-refractivity contribution in [1.29, 1.82) is 0 Å². The smallest absolute Gasteiger partial charge is 0.288 e. The lowest BCUT2D eigenvalue weighted by molar-refractivity contribution is 0.112. The van der Waals surface area contributed by atoms with Crippen LogP contribution < -0.4 is 0 Å². The molecule has 3 nitrogen and oxygen atoms in total. The summed E-state index contributed by atoms with van der Waals surface area (Å²) in [7, 11) is 1.72. The highest BCUT2D eigenvalue weighted by Crippen LogP contribution is 2.28. The van der Waals surface area contributed by atoms with Crippen LogP contribution in [0.1, 0.15) is 10.4 Å². The molecule has 2 aromatic rings. The molecule has 0 atom stereocenters. The maximum absolute atomic E-state index is 12.2. The first kappa shape index (κ1) is 12.8. The molecule has 1 aromatic carbocycles. The molecule has 6 heteroatoms. The number of halogens is 2. The molecule has 0 spiro atoms. The zero-order valence-corrected chi connectivity index (χ0v) is 10.3. The van der Waals surface area contributed by atoms with Crippen molar-refractivity contribution in [3.8, 4) is 11.3 Å². The van der Waals surface area contributed by atoms with Gasteiger partial charge in [-0.2, -0.15) is 13.9 Å². The van der Waals surface area contributed by atoms with E-state index in [1.807, 2.05) is 0 Å². The third-order valence-electron chi connectivity index (χ3n) is 2.34. The quantitative estimate of drug-likeness (QED) is 0.631. The van der Waals surface area contributed by atoms with Crippen molar-refractivity contribution in [2.75, 3.05) is 0 Å². The highest BCUT2D eigenvalue weighted by Gasteiger charge is 2.10. The van der Waals surface area contributed by atoms with Gasteiger partial charge in [0.05, 0.1) is 5.56 Å². The van der Waals surface area contributed by atoms with Gasteiger partial charge in [-0.25, -0.2) is 0 Å². The van der Waals surface area contributed by atoms with Crippen LogP contribution in [0.2, 0.25) is 0 Å². The summed E-state index contributed by atoms with van der Waals surface area (Å²) in [5.74, 6) is -2.43. The van der Waals surface area contributed by atoms with Gasteiger partial charge < -0.3 is 0 Å². The van der Waals surface area contributed by atoms with E-state index in [2.05, 4.69) is 5.10 Å². The number of nitrogens with zero attached hydrogens (tertiary/aromatic N) is 2. The van der Waals surface area contributed by atoms with Crippen LogP contribution in [0.5, 0.6) is 0 Å². The summed E-state index contributed by atoms with van der Waals surface area (Å²) in [4.78, 5) is 11.4. The highest BCUT2D eigenvalue weighted by molar-refractivity contribution is 7.99. The Labute approximate surface area is 107 Å². The SMILES string of the molecule is Cn1cc(C=O)c(-c2ccc(SC(F)F)cc2)n1. The lowest BCUT2D eigenvalue weighted by Crippen LogP contribution is -1.88. The van der Waals surface area contributed by atoms with E-state index in [4.69, 9.17) is 0 Å². The molecule has 0 unspecified atom stereocenters. The van der Waals surface area contributed by atoms with Gasteiger partial charge in [-0.1, -0.05) is 23.9 Å². The number of thioether (sulfide) groups is 1. The number of alkyl halides is 2. The summed E-state index contributed by atoms with van der Waals surface area (Å²) in [6.45, 7) is 0. The van der Waals surface area contributed by atoms with Gasteiger partial charge in [-0.15, -0.1) is 0 Å². The van der Waals surface area contributed by atoms with Gasteiger partial charge in [0.1, 0.15) is 5.69 Å². The van der Waals surface area contributed by atoms with E-state index in [0.717, 1.165) is 11.8 Å². The zero-order valence-electron chi connectivity index (χ0n) is 9.51. The second-order valence-corrected chi connectivity index (χ2v) is 4.69. The molecule has 0 N–H and O–H groups in total. The third kappa shape index (κ3) is 2.76. The van der Waals surface area contributed by atoms with Crippen molar-refractivity contribution in [3.05, 3.63) is 36.0 Å². The van der Waals surface area contributed by atoms with Gasteiger partial charge in [0.15, 0.2) is 6.29 Å². The number of aromatic nitrogens is 2. The molecule has 0 aliphatic rings. The van der Waals surface area contributed by atoms with E-state index in [9.17, 15) is 13.6 Å². The Hall–Kier alpha value is -1.69. The monoisotopic (exact) mass is 268 g/mol. The van der Waals surface area contributed by atoms with Crippen LogP contribution in [-0.2, 0) is 7.05 Å². The fraction of sp³-hybridized carbons (Fsp3) is 0.167. The molecule has 0 amide bonds. The van der Waals surface area contributed by atoms with Crippen LogP contribution in [-0.4, -0.2) is 21.8 Å². The summed E-state index contributed by atoms with van der Waals surface area (Å²) in [6, 6.07) is 6.55. The molecule has 2 rings (SSSR count). The summed E-state index contributed by atoms with van der Waals surface area (Å²) < 4.78 is 25.9. The highest BCUT2D eigenvalue weighted by atomic mass is 32.2. The predicted octanol–water partition coefficient (Wildman–Crippen LogP) is 3.21. The number of carbonyl (C=O) groups is 1. The number of hydrogen-bond donors (Lipinski definition) is 0.